The van der Waals surface area contributed by atoms with E-state index in [-0.39, 0.29) is 0 Å². The van der Waals surface area contributed by atoms with Gasteiger partial charge in [0.25, 0.3) is 0 Å². The highest BCUT2D eigenvalue weighted by atomic mass is 79.9. The molecule has 1 fully saturated rings. The topological polar surface area (TPSA) is 18.5 Å². The molecule has 1 aliphatic rings. The van der Waals surface area contributed by atoms with Gasteiger partial charge in [-0.25, -0.2) is 0 Å². The number of benzene rings is 1. The quantitative estimate of drug-likeness (QED) is 0.606. The first-order valence-corrected chi connectivity index (χ1v) is 9.05. The summed E-state index contributed by atoms with van der Waals surface area (Å²) in [4.78, 5) is 0.671. The molecule has 0 aliphatic heterocycles. The number of hydrogen-bond donors (Lipinski definition) is 0. The molecule has 1 aromatic carbocycles. The SMILES string of the molecule is CCCC1CCC(Br)C(CCOc2ccc(OC)cc2)C1. The lowest BCUT2D eigenvalue weighted by Gasteiger charge is -2.33. The first-order chi connectivity index (χ1) is 10.2. The number of methoxy groups -OCH3 is 1. The Morgan fingerprint density at radius 1 is 1.10 bits per heavy atom. The lowest BCUT2D eigenvalue weighted by Crippen LogP contribution is -2.26. The van der Waals surface area contributed by atoms with Gasteiger partial charge < -0.3 is 9.47 Å². The third kappa shape index (κ3) is 5.21. The molecule has 2 nitrogen and oxygen atoms in total. The van der Waals surface area contributed by atoms with Crippen molar-refractivity contribution in [1.82, 2.24) is 0 Å². The minimum atomic E-state index is 0.671. The van der Waals surface area contributed by atoms with E-state index in [0.29, 0.717) is 4.83 Å². The molecule has 1 aliphatic carbocycles. The summed E-state index contributed by atoms with van der Waals surface area (Å²) in [7, 11) is 1.68. The van der Waals surface area contributed by atoms with E-state index in [9.17, 15) is 0 Å². The third-order valence-corrected chi connectivity index (χ3v) is 5.72. The van der Waals surface area contributed by atoms with Crippen LogP contribution in [0.25, 0.3) is 0 Å². The number of rotatable bonds is 7. The van der Waals surface area contributed by atoms with Crippen LogP contribution in [0.2, 0.25) is 0 Å². The Morgan fingerprint density at radius 2 is 1.81 bits per heavy atom. The van der Waals surface area contributed by atoms with Gasteiger partial charge in [-0.2, -0.15) is 0 Å². The molecule has 2 rings (SSSR count). The molecular weight excluding hydrogens is 328 g/mol. The van der Waals surface area contributed by atoms with Crippen molar-refractivity contribution >= 4 is 15.9 Å². The maximum absolute atomic E-state index is 5.88. The van der Waals surface area contributed by atoms with Gasteiger partial charge in [0.1, 0.15) is 11.5 Å². The lowest BCUT2D eigenvalue weighted by molar-refractivity contribution is 0.212. The van der Waals surface area contributed by atoms with Crippen LogP contribution in [0.1, 0.15) is 45.4 Å². The summed E-state index contributed by atoms with van der Waals surface area (Å²) in [6.07, 6.45) is 7.90. The fourth-order valence-electron chi connectivity index (χ4n) is 3.29. The van der Waals surface area contributed by atoms with Gasteiger partial charge in [0, 0.05) is 4.83 Å². The van der Waals surface area contributed by atoms with Gasteiger partial charge in [-0.15, -0.1) is 0 Å². The molecule has 0 spiro atoms. The zero-order valence-corrected chi connectivity index (χ0v) is 14.8. The van der Waals surface area contributed by atoms with Gasteiger partial charge in [0.05, 0.1) is 13.7 Å². The average molecular weight is 355 g/mol. The molecule has 0 radical (unpaired) electrons. The summed E-state index contributed by atoms with van der Waals surface area (Å²) >= 11 is 3.87. The van der Waals surface area contributed by atoms with E-state index < -0.39 is 0 Å². The van der Waals surface area contributed by atoms with Crippen molar-refractivity contribution in [3.05, 3.63) is 24.3 Å². The fourth-order valence-corrected chi connectivity index (χ4v) is 4.04. The summed E-state index contributed by atoms with van der Waals surface area (Å²) in [5.41, 5.74) is 0. The van der Waals surface area contributed by atoms with Gasteiger partial charge in [-0.05, 0) is 61.8 Å². The smallest absolute Gasteiger partial charge is 0.119 e. The highest BCUT2D eigenvalue weighted by molar-refractivity contribution is 9.09. The number of alkyl halides is 1. The van der Waals surface area contributed by atoms with Crippen molar-refractivity contribution in [1.29, 1.82) is 0 Å². The minimum Gasteiger partial charge on any atom is -0.497 e. The molecule has 0 saturated heterocycles. The second-order valence-corrected chi connectivity index (χ2v) is 7.23. The van der Waals surface area contributed by atoms with Gasteiger partial charge >= 0.3 is 0 Å². The van der Waals surface area contributed by atoms with E-state index in [1.54, 1.807) is 7.11 Å². The molecule has 21 heavy (non-hydrogen) atoms. The number of hydrogen-bond acceptors (Lipinski definition) is 2. The molecule has 1 saturated carbocycles. The van der Waals surface area contributed by atoms with Crippen LogP contribution in [0.5, 0.6) is 11.5 Å². The first-order valence-electron chi connectivity index (χ1n) is 8.13. The van der Waals surface area contributed by atoms with Gasteiger partial charge in [-0.1, -0.05) is 35.7 Å². The number of halogens is 1. The van der Waals surface area contributed by atoms with E-state index in [1.165, 1.54) is 32.1 Å². The molecule has 0 aromatic heterocycles. The van der Waals surface area contributed by atoms with Gasteiger partial charge in [0.2, 0.25) is 0 Å². The molecule has 0 heterocycles. The molecular formula is C18H27BrO2. The highest BCUT2D eigenvalue weighted by Gasteiger charge is 2.28. The molecule has 0 bridgehead atoms. The van der Waals surface area contributed by atoms with Crippen molar-refractivity contribution in [3.63, 3.8) is 0 Å². The van der Waals surface area contributed by atoms with Crippen LogP contribution in [0, 0.1) is 11.8 Å². The lowest BCUT2D eigenvalue weighted by atomic mass is 9.78. The minimum absolute atomic E-state index is 0.671. The Morgan fingerprint density at radius 3 is 2.48 bits per heavy atom. The van der Waals surface area contributed by atoms with Crippen LogP contribution >= 0.6 is 15.9 Å². The van der Waals surface area contributed by atoms with E-state index in [1.807, 2.05) is 24.3 Å². The third-order valence-electron chi connectivity index (χ3n) is 4.51. The van der Waals surface area contributed by atoms with Crippen molar-refractivity contribution in [2.45, 2.75) is 50.3 Å². The molecule has 3 atom stereocenters. The van der Waals surface area contributed by atoms with Crippen LogP contribution in [0.15, 0.2) is 24.3 Å². The Balaban J connectivity index is 1.75. The molecule has 3 heteroatoms. The van der Waals surface area contributed by atoms with Crippen molar-refractivity contribution in [2.24, 2.45) is 11.8 Å². The zero-order chi connectivity index (χ0) is 15.1. The summed E-state index contributed by atoms with van der Waals surface area (Å²) in [6.45, 7) is 3.10. The van der Waals surface area contributed by atoms with Crippen LogP contribution in [-0.2, 0) is 0 Å². The van der Waals surface area contributed by atoms with E-state index in [4.69, 9.17) is 9.47 Å². The second kappa shape index (κ2) is 8.67. The van der Waals surface area contributed by atoms with Crippen LogP contribution in [0.4, 0.5) is 0 Å². The summed E-state index contributed by atoms with van der Waals surface area (Å²) in [6, 6.07) is 7.84. The fraction of sp³-hybridized carbons (Fsp3) is 0.667. The van der Waals surface area contributed by atoms with Crippen LogP contribution < -0.4 is 9.47 Å². The Hall–Kier alpha value is -0.700. The molecule has 0 amide bonds. The summed E-state index contributed by atoms with van der Waals surface area (Å²) < 4.78 is 11.0. The Labute approximate surface area is 137 Å². The average Bonchev–Trinajstić information content (AvgIpc) is 2.51. The maximum atomic E-state index is 5.88. The normalized spacial score (nSPS) is 25.6. The van der Waals surface area contributed by atoms with Crippen LogP contribution in [0.3, 0.4) is 0 Å². The van der Waals surface area contributed by atoms with Crippen molar-refractivity contribution < 1.29 is 9.47 Å². The molecule has 1 aromatic rings. The maximum Gasteiger partial charge on any atom is 0.119 e. The first kappa shape index (κ1) is 16.7. The zero-order valence-electron chi connectivity index (χ0n) is 13.2. The van der Waals surface area contributed by atoms with Crippen molar-refractivity contribution in [3.8, 4) is 11.5 Å². The van der Waals surface area contributed by atoms with E-state index >= 15 is 0 Å². The molecule has 3 unspecified atom stereocenters. The predicted octanol–water partition coefficient (Wildman–Crippen LogP) is 5.44. The van der Waals surface area contributed by atoms with Crippen LogP contribution in [-0.4, -0.2) is 18.5 Å². The van der Waals surface area contributed by atoms with Gasteiger partial charge in [0.15, 0.2) is 0 Å². The second-order valence-electron chi connectivity index (χ2n) is 6.06. The monoisotopic (exact) mass is 354 g/mol. The predicted molar refractivity (Wildman–Crippen MR) is 91.6 cm³/mol. The van der Waals surface area contributed by atoms with Gasteiger partial charge in [-0.3, -0.25) is 0 Å². The van der Waals surface area contributed by atoms with E-state index in [2.05, 4.69) is 22.9 Å². The Bertz CT molecular complexity index is 404. The highest BCUT2D eigenvalue weighted by Crippen LogP contribution is 2.37. The molecule has 118 valence electrons. The number of ether oxygens (including phenoxy) is 2. The largest absolute Gasteiger partial charge is 0.497 e. The molecule has 0 N–H and O–H groups in total. The summed E-state index contributed by atoms with van der Waals surface area (Å²) in [5.74, 6) is 3.49. The van der Waals surface area contributed by atoms with Crippen molar-refractivity contribution in [2.75, 3.05) is 13.7 Å². The van der Waals surface area contributed by atoms with E-state index in [0.717, 1.165) is 36.4 Å². The Kier molecular flexibility index (Phi) is 6.88. The standard InChI is InChI=1S/C18H27BrO2/c1-3-4-14-5-10-18(19)15(13-14)11-12-21-17-8-6-16(20-2)7-9-17/h6-9,14-15,18H,3-5,10-13H2,1-2H3. The summed E-state index contributed by atoms with van der Waals surface area (Å²) in [5, 5.41) is 0.